The maximum atomic E-state index is 2.32. The normalized spacial score (nSPS) is 19.2. The molecule has 0 atom stereocenters. The molecule has 1 rings (SSSR count). The topological polar surface area (TPSA) is 0 Å². The first-order valence-corrected chi connectivity index (χ1v) is 2.61. The van der Waals surface area contributed by atoms with Crippen molar-refractivity contribution in [2.45, 2.75) is 26.2 Å². The lowest BCUT2D eigenvalue weighted by Crippen LogP contribution is -1.89. The molecule has 0 saturated carbocycles. The second-order valence-corrected chi connectivity index (χ2v) is 1.75. The Bertz CT molecular complexity index is 70.1. The van der Waals surface area contributed by atoms with Gasteiger partial charge in [0.25, 0.3) is 0 Å². The molecule has 0 N–H and O–H groups in total. The average Bonchev–Trinajstić information content (AvgIpc) is 1.31. The van der Waals surface area contributed by atoms with E-state index in [9.17, 15) is 0 Å². The van der Waals surface area contributed by atoms with Crippen molar-refractivity contribution in [3.8, 4) is 0 Å². The molecular weight excluding hydrogens is 72.1 g/mol. The molecule has 0 aromatic heterocycles. The van der Waals surface area contributed by atoms with Crippen LogP contribution in [0.5, 0.6) is 0 Å². The van der Waals surface area contributed by atoms with E-state index in [0.717, 1.165) is 0 Å². The van der Waals surface area contributed by atoms with Gasteiger partial charge < -0.3 is 0 Å². The molecule has 0 heteroatoms. The van der Waals surface area contributed by atoms with Crippen LogP contribution in [0.2, 0.25) is 0 Å². The lowest BCUT2D eigenvalue weighted by atomic mass is 9.97. The van der Waals surface area contributed by atoms with Gasteiger partial charge in [-0.05, 0) is 19.3 Å². The molecule has 1 aliphatic carbocycles. The van der Waals surface area contributed by atoms with Crippen molar-refractivity contribution in [2.75, 3.05) is 0 Å². The molecule has 0 nitrogen and oxygen atoms in total. The Morgan fingerprint density at radius 3 is 2.50 bits per heavy atom. The highest BCUT2D eigenvalue weighted by Crippen LogP contribution is 2.19. The quantitative estimate of drug-likeness (QED) is 0.425. The summed E-state index contributed by atoms with van der Waals surface area (Å²) in [6.45, 7) is 2.21. The van der Waals surface area contributed by atoms with E-state index in [1.165, 1.54) is 19.3 Å². The van der Waals surface area contributed by atoms with Gasteiger partial charge in [0.15, 0.2) is 0 Å². The second-order valence-electron chi connectivity index (χ2n) is 1.75. The van der Waals surface area contributed by atoms with Crippen LogP contribution in [-0.4, -0.2) is 0 Å². The molecule has 0 fully saturated rings. The fourth-order valence-electron chi connectivity index (χ4n) is 0.670. The van der Waals surface area contributed by atoms with Gasteiger partial charge in [0.1, 0.15) is 0 Å². The van der Waals surface area contributed by atoms with Crippen molar-refractivity contribution in [1.82, 2.24) is 0 Å². The molecule has 0 unspecified atom stereocenters. The van der Waals surface area contributed by atoms with E-state index in [2.05, 4.69) is 13.0 Å². The maximum absolute atomic E-state index is 2.32. The van der Waals surface area contributed by atoms with Crippen LogP contribution >= 0.6 is 0 Å². The van der Waals surface area contributed by atoms with E-state index in [1.54, 1.807) is 5.57 Å². The van der Waals surface area contributed by atoms with Crippen molar-refractivity contribution in [3.05, 3.63) is 11.6 Å². The first kappa shape index (κ1) is 3.91. The lowest BCUT2D eigenvalue weighted by molar-refractivity contribution is 0.816. The van der Waals surface area contributed by atoms with Crippen LogP contribution in [-0.2, 0) is 0 Å². The summed E-state index contributed by atoms with van der Waals surface area (Å²) >= 11 is 0. The van der Waals surface area contributed by atoms with Crippen LogP contribution in [0, 0.1) is 0 Å². The number of rotatable bonds is 1. The zero-order valence-corrected chi connectivity index (χ0v) is 4.20. The van der Waals surface area contributed by atoms with Crippen LogP contribution in [0.1, 0.15) is 26.2 Å². The van der Waals surface area contributed by atoms with Gasteiger partial charge in [-0.25, -0.2) is 0 Å². The molecule has 0 heterocycles. The molecule has 0 saturated heterocycles. The molecular formula is C6H10. The predicted octanol–water partition coefficient (Wildman–Crippen LogP) is 2.12. The third-order valence-electron chi connectivity index (χ3n) is 1.35. The highest BCUT2D eigenvalue weighted by atomic mass is 14.1. The van der Waals surface area contributed by atoms with E-state index in [1.807, 2.05) is 0 Å². The summed E-state index contributed by atoms with van der Waals surface area (Å²) in [5.74, 6) is 0. The van der Waals surface area contributed by atoms with Crippen molar-refractivity contribution in [2.24, 2.45) is 0 Å². The van der Waals surface area contributed by atoms with Gasteiger partial charge in [-0.3, -0.25) is 0 Å². The minimum Gasteiger partial charge on any atom is -0.0850 e. The monoisotopic (exact) mass is 82.1 g/mol. The molecule has 0 amide bonds. The molecule has 0 aliphatic heterocycles. The summed E-state index contributed by atoms with van der Waals surface area (Å²) in [7, 11) is 0. The van der Waals surface area contributed by atoms with Gasteiger partial charge in [-0.15, -0.1) is 0 Å². The summed E-state index contributed by atoms with van der Waals surface area (Å²) in [5.41, 5.74) is 1.65. The highest BCUT2D eigenvalue weighted by Gasteiger charge is 1.99. The minimum absolute atomic E-state index is 1.28. The number of allylic oxidation sites excluding steroid dienone is 2. The maximum Gasteiger partial charge on any atom is -0.0286 e. The fraction of sp³-hybridized carbons (Fsp3) is 0.667. The molecule has 0 radical (unpaired) electrons. The Balaban J connectivity index is 2.32. The largest absolute Gasteiger partial charge is 0.0850 e. The highest BCUT2D eigenvalue weighted by molar-refractivity contribution is 5.10. The third-order valence-corrected chi connectivity index (χ3v) is 1.35. The zero-order chi connectivity index (χ0) is 4.41. The number of hydrogen-bond donors (Lipinski definition) is 0. The Morgan fingerprint density at radius 1 is 1.83 bits per heavy atom. The fourth-order valence-corrected chi connectivity index (χ4v) is 0.670. The lowest BCUT2D eigenvalue weighted by Gasteiger charge is -2.09. The SMILES string of the molecule is CCC1=CCC1. The molecule has 0 aromatic rings. The molecule has 1 aliphatic rings. The summed E-state index contributed by atoms with van der Waals surface area (Å²) in [6.07, 6.45) is 6.31. The van der Waals surface area contributed by atoms with Crippen LogP contribution in [0.25, 0.3) is 0 Å². The zero-order valence-electron chi connectivity index (χ0n) is 4.20. The Morgan fingerprint density at radius 2 is 2.50 bits per heavy atom. The summed E-state index contributed by atoms with van der Waals surface area (Å²) in [5, 5.41) is 0. The second kappa shape index (κ2) is 1.46. The Kier molecular flexibility index (Phi) is 0.952. The van der Waals surface area contributed by atoms with Crippen LogP contribution in [0.3, 0.4) is 0 Å². The predicted molar refractivity (Wildman–Crippen MR) is 27.6 cm³/mol. The van der Waals surface area contributed by atoms with Crippen molar-refractivity contribution >= 4 is 0 Å². The first-order valence-electron chi connectivity index (χ1n) is 2.61. The summed E-state index contributed by atoms with van der Waals surface area (Å²) in [4.78, 5) is 0. The average molecular weight is 82.1 g/mol. The van der Waals surface area contributed by atoms with Crippen LogP contribution in [0.15, 0.2) is 11.6 Å². The first-order chi connectivity index (χ1) is 2.93. The molecule has 34 valence electrons. The van der Waals surface area contributed by atoms with Crippen LogP contribution in [0.4, 0.5) is 0 Å². The van der Waals surface area contributed by atoms with Gasteiger partial charge >= 0.3 is 0 Å². The molecule has 6 heavy (non-hydrogen) atoms. The minimum atomic E-state index is 1.28. The van der Waals surface area contributed by atoms with Gasteiger partial charge in [0.2, 0.25) is 0 Å². The Labute approximate surface area is 38.9 Å². The van der Waals surface area contributed by atoms with E-state index < -0.39 is 0 Å². The summed E-state index contributed by atoms with van der Waals surface area (Å²) in [6, 6.07) is 0. The van der Waals surface area contributed by atoms with E-state index in [-0.39, 0.29) is 0 Å². The Hall–Kier alpha value is -0.260. The molecule has 0 bridgehead atoms. The van der Waals surface area contributed by atoms with E-state index in [0.29, 0.717) is 0 Å². The van der Waals surface area contributed by atoms with Gasteiger partial charge in [0, 0.05) is 0 Å². The van der Waals surface area contributed by atoms with Gasteiger partial charge in [0.05, 0.1) is 0 Å². The van der Waals surface area contributed by atoms with Crippen LogP contribution < -0.4 is 0 Å². The number of hydrogen-bond acceptors (Lipinski definition) is 0. The van der Waals surface area contributed by atoms with E-state index >= 15 is 0 Å². The van der Waals surface area contributed by atoms with Gasteiger partial charge in [-0.2, -0.15) is 0 Å². The summed E-state index contributed by atoms with van der Waals surface area (Å²) < 4.78 is 0. The van der Waals surface area contributed by atoms with Crippen molar-refractivity contribution in [1.29, 1.82) is 0 Å². The smallest absolute Gasteiger partial charge is 0.0286 e. The van der Waals surface area contributed by atoms with Crippen molar-refractivity contribution < 1.29 is 0 Å². The molecule has 0 spiro atoms. The van der Waals surface area contributed by atoms with E-state index in [4.69, 9.17) is 0 Å². The standard InChI is InChI=1S/C6H10/c1-2-6-4-3-5-6/h4H,2-3,5H2,1H3. The van der Waals surface area contributed by atoms with Crippen molar-refractivity contribution in [3.63, 3.8) is 0 Å². The van der Waals surface area contributed by atoms with Gasteiger partial charge in [-0.1, -0.05) is 18.6 Å². The third kappa shape index (κ3) is 0.469. The molecule has 0 aromatic carbocycles.